The first-order chi connectivity index (χ1) is 31.6. The highest BCUT2D eigenvalue weighted by Crippen LogP contribution is 2.64. The van der Waals surface area contributed by atoms with Crippen molar-refractivity contribution in [1.82, 2.24) is 0 Å². The predicted octanol–water partition coefficient (Wildman–Crippen LogP) is 16.5. The van der Waals surface area contributed by atoms with Crippen molar-refractivity contribution in [2.75, 3.05) is 4.90 Å². The van der Waals surface area contributed by atoms with E-state index in [9.17, 15) is 0 Å². The summed E-state index contributed by atoms with van der Waals surface area (Å²) in [6, 6.07) is 78.2. The fourth-order valence-corrected chi connectivity index (χ4v) is 14.3. The Labute approximate surface area is 376 Å². The van der Waals surface area contributed by atoms with E-state index in [-0.39, 0.29) is 5.41 Å². The van der Waals surface area contributed by atoms with Gasteiger partial charge in [-0.3, -0.25) is 0 Å². The van der Waals surface area contributed by atoms with E-state index in [0.717, 1.165) is 23.4 Å². The number of rotatable bonds is 6. The number of nitrogens with zero attached hydrogens (tertiary/aromatic N) is 1. The lowest BCUT2D eigenvalue weighted by molar-refractivity contribution is -0.00518. The molecule has 9 aromatic rings. The van der Waals surface area contributed by atoms with Crippen molar-refractivity contribution in [2.45, 2.75) is 49.4 Å². The van der Waals surface area contributed by atoms with Crippen molar-refractivity contribution in [3.05, 3.63) is 234 Å². The largest absolute Gasteiger partial charge is 0.310 e. The van der Waals surface area contributed by atoms with Crippen LogP contribution in [0.15, 0.2) is 206 Å². The van der Waals surface area contributed by atoms with Gasteiger partial charge in [0.1, 0.15) is 0 Å². The van der Waals surface area contributed by atoms with Gasteiger partial charge in [0.15, 0.2) is 0 Å². The molecule has 64 heavy (non-hydrogen) atoms. The van der Waals surface area contributed by atoms with Crippen molar-refractivity contribution in [3.63, 3.8) is 0 Å². The van der Waals surface area contributed by atoms with Gasteiger partial charge in [-0.1, -0.05) is 170 Å². The molecule has 0 radical (unpaired) electrons. The minimum atomic E-state index is -0.360. The van der Waals surface area contributed by atoms with Gasteiger partial charge in [0, 0.05) is 17.1 Å². The van der Waals surface area contributed by atoms with Gasteiger partial charge in [-0.2, -0.15) is 0 Å². The maximum atomic E-state index is 2.51. The lowest BCUT2D eigenvalue weighted by Gasteiger charge is -2.57. The molecule has 9 aromatic carbocycles. The summed E-state index contributed by atoms with van der Waals surface area (Å²) >= 11 is 0. The molecule has 4 bridgehead atoms. The first kappa shape index (κ1) is 36.5. The van der Waals surface area contributed by atoms with E-state index in [2.05, 4.69) is 211 Å². The zero-order valence-electron chi connectivity index (χ0n) is 36.1. The Morgan fingerprint density at radius 3 is 1.34 bits per heavy atom. The summed E-state index contributed by atoms with van der Waals surface area (Å²) in [5.74, 6) is 2.76. The summed E-state index contributed by atoms with van der Waals surface area (Å²) in [7, 11) is 0. The number of hydrogen-bond donors (Lipinski definition) is 0. The minimum Gasteiger partial charge on any atom is -0.310 e. The van der Waals surface area contributed by atoms with Crippen LogP contribution in [0.4, 0.5) is 17.1 Å². The summed E-state index contributed by atoms with van der Waals surface area (Å²) in [6.45, 7) is 0. The van der Waals surface area contributed by atoms with Crippen LogP contribution < -0.4 is 4.90 Å². The zero-order chi connectivity index (χ0) is 42.0. The second kappa shape index (κ2) is 13.8. The molecule has 6 aliphatic carbocycles. The van der Waals surface area contributed by atoms with Gasteiger partial charge < -0.3 is 4.90 Å². The Morgan fingerprint density at radius 1 is 0.344 bits per heavy atom. The molecule has 6 aliphatic rings. The maximum absolute atomic E-state index is 2.51. The molecule has 0 unspecified atom stereocenters. The minimum absolute atomic E-state index is 0.357. The molecule has 15 rings (SSSR count). The first-order valence-electron chi connectivity index (χ1n) is 23.7. The van der Waals surface area contributed by atoms with Crippen molar-refractivity contribution < 1.29 is 0 Å². The highest BCUT2D eigenvalue weighted by Gasteiger charge is 2.53. The average molecular weight is 820 g/mol. The molecule has 0 aromatic heterocycles. The fourth-order valence-electron chi connectivity index (χ4n) is 14.3. The highest BCUT2D eigenvalue weighted by molar-refractivity contribution is 6.06. The molecule has 0 aliphatic heterocycles. The third kappa shape index (κ3) is 5.19. The molecule has 0 N–H and O–H groups in total. The van der Waals surface area contributed by atoms with E-state index in [1.54, 1.807) is 5.56 Å². The zero-order valence-corrected chi connectivity index (χ0v) is 36.1. The second-order valence-electron chi connectivity index (χ2n) is 19.8. The molecule has 1 nitrogen and oxygen atoms in total. The van der Waals surface area contributed by atoms with Crippen LogP contribution in [-0.4, -0.2) is 0 Å². The third-order valence-corrected chi connectivity index (χ3v) is 16.4. The van der Waals surface area contributed by atoms with Crippen LogP contribution in [0.3, 0.4) is 0 Å². The third-order valence-electron chi connectivity index (χ3n) is 16.4. The molecule has 1 heteroatoms. The second-order valence-corrected chi connectivity index (χ2v) is 19.8. The molecule has 0 amide bonds. The van der Waals surface area contributed by atoms with Crippen LogP contribution in [0.2, 0.25) is 0 Å². The molecule has 0 atom stereocenters. The Bertz CT molecular complexity index is 3210. The van der Waals surface area contributed by atoms with E-state index >= 15 is 0 Å². The van der Waals surface area contributed by atoms with E-state index < -0.39 is 0 Å². The SMILES string of the molecule is c1ccc(-c2cccc3cccc(-c4ccc(N(c5ccc(C67CC8CC(CC(C8)C6)C7)cc5)c5ccc6c(c5)-c5ccccc5C65c6ccccc6-c6ccccc65)cc4)c23)cc1. The summed E-state index contributed by atoms with van der Waals surface area (Å²) in [5.41, 5.74) is 20.9. The summed E-state index contributed by atoms with van der Waals surface area (Å²) in [5, 5.41) is 2.55. The van der Waals surface area contributed by atoms with Crippen molar-refractivity contribution >= 4 is 27.8 Å². The predicted molar refractivity (Wildman–Crippen MR) is 266 cm³/mol. The number of fused-ring (bicyclic) bond motifs is 11. The van der Waals surface area contributed by atoms with Gasteiger partial charge in [-0.25, -0.2) is 0 Å². The Balaban J connectivity index is 0.926. The van der Waals surface area contributed by atoms with Crippen LogP contribution in [0.25, 0.3) is 55.3 Å². The number of benzene rings is 9. The Kier molecular flexibility index (Phi) is 7.86. The lowest BCUT2D eigenvalue weighted by Crippen LogP contribution is -2.48. The molecule has 1 spiro atoms. The standard InChI is InChI=1S/C63H49N/c1-2-12-44(13-3-1)51-19-10-14-46-15-11-20-52(61(46)51)45-24-28-48(29-25-45)64(49-30-26-47(27-31-49)62-38-41-34-42(39-62)36-43(35-41)40-62)50-32-33-60-56(37-50)55-18-6-9-23-59(55)63(60)57-21-7-4-16-53(57)54-17-5-8-22-58(54)63/h1-33,37,41-43H,34-36,38-40H2. The van der Waals surface area contributed by atoms with E-state index in [1.165, 1.54) is 127 Å². The fraction of sp³-hybridized carbons (Fsp3) is 0.175. The molecular weight excluding hydrogens is 771 g/mol. The topological polar surface area (TPSA) is 3.24 Å². The van der Waals surface area contributed by atoms with E-state index in [4.69, 9.17) is 0 Å². The molecule has 306 valence electrons. The van der Waals surface area contributed by atoms with Crippen LogP contribution in [0, 0.1) is 17.8 Å². The Hall–Kier alpha value is -6.96. The van der Waals surface area contributed by atoms with E-state index in [0.29, 0.717) is 5.41 Å². The van der Waals surface area contributed by atoms with Crippen LogP contribution in [0.1, 0.15) is 66.3 Å². The molecular formula is C63H49N. The molecule has 4 fully saturated rings. The van der Waals surface area contributed by atoms with Gasteiger partial charge in [0.25, 0.3) is 0 Å². The molecule has 0 saturated heterocycles. The lowest BCUT2D eigenvalue weighted by atomic mass is 9.48. The first-order valence-corrected chi connectivity index (χ1v) is 23.7. The van der Waals surface area contributed by atoms with Crippen LogP contribution >= 0.6 is 0 Å². The smallest absolute Gasteiger partial charge is 0.0725 e. The van der Waals surface area contributed by atoms with Crippen molar-refractivity contribution in [1.29, 1.82) is 0 Å². The normalized spacial score (nSPS) is 21.4. The Morgan fingerprint density at radius 2 is 0.781 bits per heavy atom. The van der Waals surface area contributed by atoms with Crippen LogP contribution in [-0.2, 0) is 10.8 Å². The summed E-state index contributed by atoms with van der Waals surface area (Å²) < 4.78 is 0. The molecule has 4 saturated carbocycles. The quantitative estimate of drug-likeness (QED) is 0.162. The molecule has 0 heterocycles. The van der Waals surface area contributed by atoms with Gasteiger partial charge >= 0.3 is 0 Å². The van der Waals surface area contributed by atoms with Crippen LogP contribution in [0.5, 0.6) is 0 Å². The highest BCUT2D eigenvalue weighted by atomic mass is 15.1. The van der Waals surface area contributed by atoms with Crippen molar-refractivity contribution in [2.24, 2.45) is 17.8 Å². The average Bonchev–Trinajstić information content (AvgIpc) is 3.81. The monoisotopic (exact) mass is 819 g/mol. The summed E-state index contributed by atoms with van der Waals surface area (Å²) in [4.78, 5) is 2.51. The van der Waals surface area contributed by atoms with Gasteiger partial charge in [0.05, 0.1) is 5.41 Å². The van der Waals surface area contributed by atoms with E-state index in [1.807, 2.05) is 0 Å². The van der Waals surface area contributed by atoms with Gasteiger partial charge in [0.2, 0.25) is 0 Å². The van der Waals surface area contributed by atoms with Gasteiger partial charge in [-0.15, -0.1) is 0 Å². The summed E-state index contributed by atoms with van der Waals surface area (Å²) in [6.07, 6.45) is 8.53. The van der Waals surface area contributed by atoms with Crippen molar-refractivity contribution in [3.8, 4) is 44.5 Å². The van der Waals surface area contributed by atoms with Gasteiger partial charge in [-0.05, 0) is 181 Å². The maximum Gasteiger partial charge on any atom is 0.0725 e. The number of anilines is 3. The number of hydrogen-bond acceptors (Lipinski definition) is 1.